The topological polar surface area (TPSA) is 55.2 Å². The summed E-state index contributed by atoms with van der Waals surface area (Å²) in [5, 5.41) is 14.6. The van der Waals surface area contributed by atoms with Gasteiger partial charge < -0.3 is 5.32 Å². The number of halogens is 3. The van der Waals surface area contributed by atoms with Crippen LogP contribution in [0.5, 0.6) is 0 Å². The Morgan fingerprint density at radius 2 is 1.95 bits per heavy atom. The average molecular weight is 376 g/mol. The molecule has 0 bridgehead atoms. The number of anilines is 1. The van der Waals surface area contributed by atoms with Gasteiger partial charge in [-0.25, -0.2) is 0 Å². The Kier molecular flexibility index (Phi) is 4.86. The lowest BCUT2D eigenvalue weighted by Gasteiger charge is -2.09. The third kappa shape index (κ3) is 3.62. The maximum atomic E-state index is 10.7. The second-order valence-electron chi connectivity index (χ2n) is 4.01. The van der Waals surface area contributed by atoms with Gasteiger partial charge in [0, 0.05) is 27.8 Å². The smallest absolute Gasteiger partial charge is 0.288 e. The van der Waals surface area contributed by atoms with Crippen LogP contribution in [0, 0.1) is 10.1 Å². The molecular formula is C13H9BrCl2N2O2. The van der Waals surface area contributed by atoms with E-state index in [1.165, 1.54) is 12.1 Å². The Morgan fingerprint density at radius 3 is 2.60 bits per heavy atom. The fourth-order valence-corrected chi connectivity index (χ4v) is 2.47. The van der Waals surface area contributed by atoms with Gasteiger partial charge >= 0.3 is 0 Å². The van der Waals surface area contributed by atoms with Crippen molar-refractivity contribution in [3.63, 3.8) is 0 Å². The highest BCUT2D eigenvalue weighted by Gasteiger charge is 2.12. The van der Waals surface area contributed by atoms with Crippen LogP contribution in [0.3, 0.4) is 0 Å². The van der Waals surface area contributed by atoms with Crippen LogP contribution in [0.1, 0.15) is 5.56 Å². The zero-order chi connectivity index (χ0) is 14.7. The van der Waals surface area contributed by atoms with Gasteiger partial charge in [0.15, 0.2) is 0 Å². The largest absolute Gasteiger partial charge is 0.381 e. The van der Waals surface area contributed by atoms with Crippen molar-refractivity contribution in [3.05, 3.63) is 66.6 Å². The SMILES string of the molecule is O=[N+]([O-])c1ccc(NCc2cc(Cl)ccc2Br)cc1Cl. The molecule has 104 valence electrons. The van der Waals surface area contributed by atoms with E-state index < -0.39 is 4.92 Å². The van der Waals surface area contributed by atoms with Gasteiger partial charge in [0.1, 0.15) is 5.02 Å². The molecule has 0 amide bonds. The van der Waals surface area contributed by atoms with Gasteiger partial charge in [0.25, 0.3) is 5.69 Å². The number of nitro groups is 1. The molecule has 0 unspecified atom stereocenters. The van der Waals surface area contributed by atoms with Crippen LogP contribution in [-0.4, -0.2) is 4.92 Å². The molecule has 1 N–H and O–H groups in total. The first-order valence-electron chi connectivity index (χ1n) is 5.59. The number of hydrogen-bond donors (Lipinski definition) is 1. The number of nitrogens with one attached hydrogen (secondary N) is 1. The zero-order valence-electron chi connectivity index (χ0n) is 10.1. The third-order valence-electron chi connectivity index (χ3n) is 2.64. The van der Waals surface area contributed by atoms with Crippen LogP contribution >= 0.6 is 39.1 Å². The lowest BCUT2D eigenvalue weighted by Crippen LogP contribution is -2.00. The molecular weight excluding hydrogens is 367 g/mol. The van der Waals surface area contributed by atoms with Crippen molar-refractivity contribution >= 4 is 50.5 Å². The standard InChI is InChI=1S/C13H9BrCl2N2O2/c14-11-3-1-9(15)5-8(11)7-17-10-2-4-13(18(19)20)12(16)6-10/h1-6,17H,7H2. The molecule has 20 heavy (non-hydrogen) atoms. The van der Waals surface area contributed by atoms with Gasteiger partial charge in [-0.3, -0.25) is 10.1 Å². The van der Waals surface area contributed by atoms with Gasteiger partial charge in [-0.15, -0.1) is 0 Å². The molecule has 7 heteroatoms. The fraction of sp³-hybridized carbons (Fsp3) is 0.0769. The van der Waals surface area contributed by atoms with Crippen LogP contribution < -0.4 is 5.32 Å². The first-order chi connectivity index (χ1) is 9.47. The van der Waals surface area contributed by atoms with Crippen molar-refractivity contribution in [2.75, 3.05) is 5.32 Å². The van der Waals surface area contributed by atoms with E-state index >= 15 is 0 Å². The predicted molar refractivity (Wildman–Crippen MR) is 84.6 cm³/mol. The van der Waals surface area contributed by atoms with Crippen LogP contribution in [0.25, 0.3) is 0 Å². The first-order valence-corrected chi connectivity index (χ1v) is 7.14. The Labute approximate surface area is 134 Å². The van der Waals surface area contributed by atoms with E-state index in [2.05, 4.69) is 21.2 Å². The van der Waals surface area contributed by atoms with Crippen LogP contribution in [0.2, 0.25) is 10.0 Å². The molecule has 0 aromatic heterocycles. The van der Waals surface area contributed by atoms with Crippen molar-refractivity contribution < 1.29 is 4.92 Å². The molecule has 0 radical (unpaired) electrons. The Bertz CT molecular complexity index is 665. The van der Waals surface area contributed by atoms with E-state index in [1.807, 2.05) is 12.1 Å². The van der Waals surface area contributed by atoms with E-state index in [1.54, 1.807) is 12.1 Å². The molecule has 2 rings (SSSR count). The van der Waals surface area contributed by atoms with Crippen LogP contribution in [0.15, 0.2) is 40.9 Å². The van der Waals surface area contributed by atoms with Crippen LogP contribution in [-0.2, 0) is 6.54 Å². The Balaban J connectivity index is 2.13. The van der Waals surface area contributed by atoms with Gasteiger partial charge in [-0.05, 0) is 35.9 Å². The average Bonchev–Trinajstić information content (AvgIpc) is 2.39. The van der Waals surface area contributed by atoms with Crippen molar-refractivity contribution in [3.8, 4) is 0 Å². The highest BCUT2D eigenvalue weighted by molar-refractivity contribution is 9.10. The predicted octanol–water partition coefficient (Wildman–Crippen LogP) is 5.28. The monoisotopic (exact) mass is 374 g/mol. The first kappa shape index (κ1) is 15.1. The normalized spacial score (nSPS) is 10.3. The van der Waals surface area contributed by atoms with E-state index in [-0.39, 0.29) is 10.7 Å². The van der Waals surface area contributed by atoms with E-state index in [4.69, 9.17) is 23.2 Å². The maximum Gasteiger partial charge on any atom is 0.288 e. The van der Waals surface area contributed by atoms with Gasteiger partial charge in [-0.2, -0.15) is 0 Å². The molecule has 0 atom stereocenters. The lowest BCUT2D eigenvalue weighted by molar-refractivity contribution is -0.384. The highest BCUT2D eigenvalue weighted by atomic mass is 79.9. The zero-order valence-corrected chi connectivity index (χ0v) is 13.2. The summed E-state index contributed by atoms with van der Waals surface area (Å²) in [6, 6.07) is 10.0. The van der Waals surface area contributed by atoms with Crippen molar-refractivity contribution in [1.82, 2.24) is 0 Å². The highest BCUT2D eigenvalue weighted by Crippen LogP contribution is 2.28. The second-order valence-corrected chi connectivity index (χ2v) is 5.71. The molecule has 2 aromatic carbocycles. The summed E-state index contributed by atoms with van der Waals surface area (Å²) in [7, 11) is 0. The number of rotatable bonds is 4. The Hall–Kier alpha value is -1.30. The minimum atomic E-state index is -0.514. The molecule has 0 fully saturated rings. The van der Waals surface area contributed by atoms with Gasteiger partial charge in [-0.1, -0.05) is 39.1 Å². The summed E-state index contributed by atoms with van der Waals surface area (Å²) in [4.78, 5) is 10.2. The van der Waals surface area contributed by atoms with E-state index in [0.717, 1.165) is 10.0 Å². The van der Waals surface area contributed by atoms with E-state index in [0.29, 0.717) is 17.3 Å². The molecule has 4 nitrogen and oxygen atoms in total. The fourth-order valence-electron chi connectivity index (χ4n) is 1.64. The van der Waals surface area contributed by atoms with Crippen molar-refractivity contribution in [1.29, 1.82) is 0 Å². The molecule has 0 spiro atoms. The number of nitro benzene ring substituents is 1. The number of nitrogens with zero attached hydrogens (tertiary/aromatic N) is 1. The maximum absolute atomic E-state index is 10.7. The van der Waals surface area contributed by atoms with Gasteiger partial charge in [0.2, 0.25) is 0 Å². The quantitative estimate of drug-likeness (QED) is 0.584. The molecule has 0 heterocycles. The molecule has 2 aromatic rings. The summed E-state index contributed by atoms with van der Waals surface area (Å²) in [6.45, 7) is 0.523. The second kappa shape index (κ2) is 6.43. The molecule has 0 aliphatic heterocycles. The summed E-state index contributed by atoms with van der Waals surface area (Å²) in [5.74, 6) is 0. The van der Waals surface area contributed by atoms with Gasteiger partial charge in [0.05, 0.1) is 4.92 Å². The third-order valence-corrected chi connectivity index (χ3v) is 3.95. The van der Waals surface area contributed by atoms with E-state index in [9.17, 15) is 10.1 Å². The summed E-state index contributed by atoms with van der Waals surface area (Å²) >= 11 is 15.2. The minimum Gasteiger partial charge on any atom is -0.381 e. The summed E-state index contributed by atoms with van der Waals surface area (Å²) in [6.07, 6.45) is 0. The molecule has 0 saturated carbocycles. The van der Waals surface area contributed by atoms with Crippen molar-refractivity contribution in [2.24, 2.45) is 0 Å². The number of benzene rings is 2. The van der Waals surface area contributed by atoms with Crippen LogP contribution in [0.4, 0.5) is 11.4 Å². The minimum absolute atomic E-state index is 0.102. The van der Waals surface area contributed by atoms with Crippen molar-refractivity contribution in [2.45, 2.75) is 6.54 Å². The number of hydrogen-bond acceptors (Lipinski definition) is 3. The molecule has 0 aliphatic rings. The Morgan fingerprint density at radius 1 is 1.20 bits per heavy atom. The summed E-state index contributed by atoms with van der Waals surface area (Å²) in [5.41, 5.74) is 1.57. The molecule has 0 saturated heterocycles. The molecule has 0 aliphatic carbocycles. The lowest BCUT2D eigenvalue weighted by atomic mass is 10.2. The summed E-state index contributed by atoms with van der Waals surface area (Å²) < 4.78 is 0.933.